The molecule has 0 bridgehead atoms. The summed E-state index contributed by atoms with van der Waals surface area (Å²) >= 11 is 0. The molecule has 2 aromatic carbocycles. The number of para-hydroxylation sites is 2. The number of nitrogens with zero attached hydrogens (tertiary/aromatic N) is 1. The van der Waals surface area contributed by atoms with Crippen LogP contribution >= 0.6 is 0 Å². The van der Waals surface area contributed by atoms with E-state index in [9.17, 15) is 4.79 Å². The Hall–Kier alpha value is -2.49. The highest BCUT2D eigenvalue weighted by molar-refractivity contribution is 5.68. The predicted octanol–water partition coefficient (Wildman–Crippen LogP) is 5.11. The van der Waals surface area contributed by atoms with Gasteiger partial charge in [-0.1, -0.05) is 36.4 Å². The number of rotatable bonds is 2. The van der Waals surface area contributed by atoms with Gasteiger partial charge in [-0.05, 0) is 51.5 Å². The molecule has 24 heavy (non-hydrogen) atoms. The van der Waals surface area contributed by atoms with Crippen LogP contribution in [0.4, 0.5) is 4.79 Å². The van der Waals surface area contributed by atoms with Crippen LogP contribution in [0.15, 0.2) is 60.7 Å². The maximum Gasteiger partial charge on any atom is 0.410 e. The molecular formula is C20H25NO3. The number of ether oxygens (including phenoxy) is 2. The molecule has 4 heteroatoms. The van der Waals surface area contributed by atoms with Crippen molar-refractivity contribution >= 4 is 6.09 Å². The second-order valence-electron chi connectivity index (χ2n) is 6.55. The summed E-state index contributed by atoms with van der Waals surface area (Å²) in [6.07, 6.45) is 0.933. The Balaban J connectivity index is 0.000000177. The van der Waals surface area contributed by atoms with Gasteiger partial charge in [-0.15, -0.1) is 0 Å². The van der Waals surface area contributed by atoms with E-state index in [1.54, 1.807) is 4.90 Å². The summed E-state index contributed by atoms with van der Waals surface area (Å²) in [7, 11) is 0. The van der Waals surface area contributed by atoms with Gasteiger partial charge in [0.25, 0.3) is 0 Å². The fourth-order valence-corrected chi connectivity index (χ4v) is 1.94. The van der Waals surface area contributed by atoms with Crippen molar-refractivity contribution in [1.82, 2.24) is 4.90 Å². The van der Waals surface area contributed by atoms with Crippen molar-refractivity contribution in [2.75, 3.05) is 13.1 Å². The van der Waals surface area contributed by atoms with Gasteiger partial charge in [-0.2, -0.15) is 0 Å². The predicted molar refractivity (Wildman–Crippen MR) is 95.4 cm³/mol. The van der Waals surface area contributed by atoms with Crippen molar-refractivity contribution in [3.05, 3.63) is 60.7 Å². The number of likely N-dealkylation sites (tertiary alicyclic amines) is 1. The third-order valence-corrected chi connectivity index (χ3v) is 3.23. The highest BCUT2D eigenvalue weighted by atomic mass is 16.6. The van der Waals surface area contributed by atoms with E-state index in [4.69, 9.17) is 9.47 Å². The van der Waals surface area contributed by atoms with Gasteiger partial charge in [0.2, 0.25) is 0 Å². The van der Waals surface area contributed by atoms with Crippen LogP contribution in [0, 0.1) is 0 Å². The molecule has 0 spiro atoms. The second-order valence-corrected chi connectivity index (χ2v) is 6.55. The lowest BCUT2D eigenvalue weighted by molar-refractivity contribution is 0.0131. The highest BCUT2D eigenvalue weighted by Gasteiger charge is 2.25. The van der Waals surface area contributed by atoms with Crippen molar-refractivity contribution in [3.63, 3.8) is 0 Å². The SMILES string of the molecule is CC(C)(C)OC(=O)N1CCC1.c1ccc(Oc2ccccc2)cc1. The molecular weight excluding hydrogens is 302 g/mol. The third kappa shape index (κ3) is 6.32. The van der Waals surface area contributed by atoms with E-state index < -0.39 is 0 Å². The molecule has 0 atom stereocenters. The van der Waals surface area contributed by atoms with Crippen LogP contribution in [0.3, 0.4) is 0 Å². The van der Waals surface area contributed by atoms with E-state index in [1.165, 1.54) is 0 Å². The summed E-state index contributed by atoms with van der Waals surface area (Å²) in [6, 6.07) is 19.5. The fourth-order valence-electron chi connectivity index (χ4n) is 1.94. The lowest BCUT2D eigenvalue weighted by atomic mass is 10.2. The Kier molecular flexibility index (Phi) is 6.24. The maximum atomic E-state index is 11.1. The second kappa shape index (κ2) is 8.39. The lowest BCUT2D eigenvalue weighted by Gasteiger charge is -2.32. The van der Waals surface area contributed by atoms with Crippen molar-refractivity contribution < 1.29 is 14.3 Å². The van der Waals surface area contributed by atoms with Gasteiger partial charge in [0.05, 0.1) is 0 Å². The van der Waals surface area contributed by atoms with Crippen LogP contribution in [0.2, 0.25) is 0 Å². The van der Waals surface area contributed by atoms with Crippen LogP contribution in [0.1, 0.15) is 27.2 Å². The summed E-state index contributed by atoms with van der Waals surface area (Å²) in [5, 5.41) is 0. The van der Waals surface area contributed by atoms with E-state index in [-0.39, 0.29) is 11.7 Å². The Morgan fingerprint density at radius 3 is 1.67 bits per heavy atom. The molecule has 0 radical (unpaired) electrons. The molecule has 0 unspecified atom stereocenters. The van der Waals surface area contributed by atoms with Gasteiger partial charge >= 0.3 is 6.09 Å². The monoisotopic (exact) mass is 327 g/mol. The van der Waals surface area contributed by atoms with Gasteiger partial charge < -0.3 is 14.4 Å². The molecule has 4 nitrogen and oxygen atoms in total. The van der Waals surface area contributed by atoms with Crippen molar-refractivity contribution in [2.45, 2.75) is 32.8 Å². The first-order chi connectivity index (χ1) is 11.4. The van der Waals surface area contributed by atoms with E-state index in [2.05, 4.69) is 0 Å². The van der Waals surface area contributed by atoms with Crippen molar-refractivity contribution in [2.24, 2.45) is 0 Å². The topological polar surface area (TPSA) is 38.8 Å². The lowest BCUT2D eigenvalue weighted by Crippen LogP contribution is -2.44. The number of hydrogen-bond donors (Lipinski definition) is 0. The molecule has 0 aliphatic carbocycles. The average molecular weight is 327 g/mol. The van der Waals surface area contributed by atoms with Gasteiger partial charge in [0.1, 0.15) is 17.1 Å². The number of carbonyl (C=O) groups excluding carboxylic acids is 1. The zero-order valence-corrected chi connectivity index (χ0v) is 14.6. The van der Waals surface area contributed by atoms with Gasteiger partial charge in [0.15, 0.2) is 0 Å². The molecule has 0 saturated carbocycles. The van der Waals surface area contributed by atoms with Crippen LogP contribution in [-0.4, -0.2) is 29.7 Å². The fraction of sp³-hybridized carbons (Fsp3) is 0.350. The van der Waals surface area contributed by atoms with Gasteiger partial charge in [-0.3, -0.25) is 0 Å². The summed E-state index contributed by atoms with van der Waals surface area (Å²) in [5.41, 5.74) is -0.354. The van der Waals surface area contributed by atoms with Crippen LogP contribution in [-0.2, 0) is 4.74 Å². The Labute approximate surface area is 144 Å². The van der Waals surface area contributed by atoms with Crippen LogP contribution < -0.4 is 4.74 Å². The van der Waals surface area contributed by atoms with E-state index in [1.807, 2.05) is 81.4 Å². The number of amides is 1. The molecule has 128 valence electrons. The first-order valence-corrected chi connectivity index (χ1v) is 8.20. The Morgan fingerprint density at radius 2 is 1.33 bits per heavy atom. The summed E-state index contributed by atoms with van der Waals surface area (Å²) in [5.74, 6) is 1.74. The molecule has 1 fully saturated rings. The maximum absolute atomic E-state index is 11.1. The highest BCUT2D eigenvalue weighted by Crippen LogP contribution is 2.19. The van der Waals surface area contributed by atoms with Gasteiger partial charge in [0, 0.05) is 13.1 Å². The van der Waals surface area contributed by atoms with Crippen LogP contribution in [0.25, 0.3) is 0 Å². The number of carbonyl (C=O) groups is 1. The minimum atomic E-state index is -0.354. The van der Waals surface area contributed by atoms with E-state index in [0.717, 1.165) is 31.0 Å². The molecule has 1 aliphatic heterocycles. The molecule has 1 heterocycles. The number of hydrogen-bond acceptors (Lipinski definition) is 3. The zero-order valence-electron chi connectivity index (χ0n) is 14.6. The quantitative estimate of drug-likeness (QED) is 0.769. The molecule has 2 aromatic rings. The van der Waals surface area contributed by atoms with E-state index in [0.29, 0.717) is 0 Å². The molecule has 3 rings (SSSR count). The zero-order chi connectivity index (χ0) is 17.4. The minimum Gasteiger partial charge on any atom is -0.457 e. The van der Waals surface area contributed by atoms with Crippen molar-refractivity contribution in [3.8, 4) is 11.5 Å². The summed E-state index contributed by atoms with van der Waals surface area (Å²) < 4.78 is 10.7. The molecule has 1 aliphatic rings. The first-order valence-electron chi connectivity index (χ1n) is 8.20. The minimum absolute atomic E-state index is 0.177. The summed E-state index contributed by atoms with van der Waals surface area (Å²) in [4.78, 5) is 12.9. The van der Waals surface area contributed by atoms with Gasteiger partial charge in [-0.25, -0.2) is 4.79 Å². The largest absolute Gasteiger partial charge is 0.457 e. The standard InChI is InChI=1S/C12H10O.C8H15NO2/c1-3-7-11(8-4-1)13-12-9-5-2-6-10-12;1-8(2,3)11-7(10)9-5-4-6-9/h1-10H;4-6H2,1-3H3. The molecule has 1 amide bonds. The third-order valence-electron chi connectivity index (χ3n) is 3.23. The Morgan fingerprint density at radius 1 is 0.875 bits per heavy atom. The molecule has 1 saturated heterocycles. The molecule has 0 aromatic heterocycles. The summed E-state index contributed by atoms with van der Waals surface area (Å²) in [6.45, 7) is 7.35. The smallest absolute Gasteiger partial charge is 0.410 e. The van der Waals surface area contributed by atoms with Crippen LogP contribution in [0.5, 0.6) is 11.5 Å². The van der Waals surface area contributed by atoms with E-state index >= 15 is 0 Å². The Bertz CT molecular complexity index is 579. The number of benzene rings is 2. The normalized spacial score (nSPS) is 13.2. The van der Waals surface area contributed by atoms with Crippen molar-refractivity contribution in [1.29, 1.82) is 0 Å². The molecule has 0 N–H and O–H groups in total. The first kappa shape index (κ1) is 17.9. The average Bonchev–Trinajstić information content (AvgIpc) is 2.46.